The number of para-hydroxylation sites is 1. The molecule has 224 valence electrons. The molecular formula is C31H31Cl3N6O2S. The van der Waals surface area contributed by atoms with Gasteiger partial charge in [0.2, 0.25) is 10.0 Å². The van der Waals surface area contributed by atoms with E-state index in [9.17, 15) is 8.42 Å². The zero-order valence-electron chi connectivity index (χ0n) is 23.2. The molecule has 8 nitrogen and oxygen atoms in total. The SMILES string of the molecule is CS(=O)(=O)Nc1cccc(-c2nc3n(c2-c2ccc(C4(N)CCC4)cc2)-c2cccnc2Nc2ccccc2-3)c1.Cl.Cl.Cl. The number of halogens is 3. The number of fused-ring (bicyclic) bond motifs is 5. The predicted octanol–water partition coefficient (Wildman–Crippen LogP) is 7.30. The number of nitrogens with two attached hydrogens (primary N) is 1. The minimum atomic E-state index is -3.45. The highest BCUT2D eigenvalue weighted by Gasteiger charge is 2.34. The predicted molar refractivity (Wildman–Crippen MR) is 181 cm³/mol. The number of imidazole rings is 1. The average Bonchev–Trinajstić information content (AvgIpc) is 3.26. The summed E-state index contributed by atoms with van der Waals surface area (Å²) in [6.45, 7) is 0. The Morgan fingerprint density at radius 3 is 2.35 bits per heavy atom. The van der Waals surface area contributed by atoms with E-state index in [1.165, 1.54) is 0 Å². The van der Waals surface area contributed by atoms with Crippen LogP contribution in [0, 0.1) is 0 Å². The number of sulfonamides is 1. The van der Waals surface area contributed by atoms with Gasteiger partial charge in [-0.05, 0) is 61.2 Å². The Labute approximate surface area is 269 Å². The molecule has 4 N–H and O–H groups in total. The minimum Gasteiger partial charge on any atom is -0.338 e. The highest BCUT2D eigenvalue weighted by atomic mass is 35.5. The Hall–Kier alpha value is -3.60. The fraction of sp³-hybridized carbons (Fsp3) is 0.161. The van der Waals surface area contributed by atoms with Crippen LogP contribution in [0.4, 0.5) is 17.2 Å². The molecule has 7 rings (SSSR count). The van der Waals surface area contributed by atoms with Crippen molar-refractivity contribution in [2.45, 2.75) is 24.8 Å². The van der Waals surface area contributed by atoms with Gasteiger partial charge in [-0.3, -0.25) is 9.29 Å². The molecule has 0 spiro atoms. The van der Waals surface area contributed by atoms with E-state index in [4.69, 9.17) is 10.7 Å². The quantitative estimate of drug-likeness (QED) is 0.179. The fourth-order valence-electron chi connectivity index (χ4n) is 5.64. The smallest absolute Gasteiger partial charge is 0.229 e. The first-order valence-electron chi connectivity index (χ1n) is 13.2. The maximum atomic E-state index is 12.0. The van der Waals surface area contributed by atoms with Gasteiger partial charge in [-0.25, -0.2) is 18.4 Å². The summed E-state index contributed by atoms with van der Waals surface area (Å²) >= 11 is 0. The number of rotatable bonds is 5. The van der Waals surface area contributed by atoms with Crippen molar-refractivity contribution in [1.82, 2.24) is 14.5 Å². The van der Waals surface area contributed by atoms with E-state index < -0.39 is 10.0 Å². The van der Waals surface area contributed by atoms with Crippen molar-refractivity contribution in [2.24, 2.45) is 5.73 Å². The molecule has 2 aliphatic rings. The Morgan fingerprint density at radius 2 is 1.65 bits per heavy atom. The molecule has 0 bridgehead atoms. The lowest BCUT2D eigenvalue weighted by atomic mass is 9.72. The molecule has 0 amide bonds. The molecule has 0 radical (unpaired) electrons. The number of benzene rings is 3. The van der Waals surface area contributed by atoms with E-state index in [0.29, 0.717) is 5.69 Å². The van der Waals surface area contributed by atoms with Crippen LogP contribution in [0.3, 0.4) is 0 Å². The van der Waals surface area contributed by atoms with Gasteiger partial charge in [0.25, 0.3) is 0 Å². The van der Waals surface area contributed by atoms with Crippen LogP contribution >= 0.6 is 37.2 Å². The number of pyridine rings is 1. The first-order valence-corrected chi connectivity index (χ1v) is 15.1. The summed E-state index contributed by atoms with van der Waals surface area (Å²) in [5.41, 5.74) is 14.1. The first-order chi connectivity index (χ1) is 19.3. The van der Waals surface area contributed by atoms with Gasteiger partial charge in [-0.2, -0.15) is 0 Å². The van der Waals surface area contributed by atoms with Crippen molar-refractivity contribution in [3.63, 3.8) is 0 Å². The molecule has 1 fully saturated rings. The van der Waals surface area contributed by atoms with Crippen LogP contribution in [0.1, 0.15) is 24.8 Å². The van der Waals surface area contributed by atoms with Crippen molar-refractivity contribution >= 4 is 64.4 Å². The molecule has 0 saturated heterocycles. The summed E-state index contributed by atoms with van der Waals surface area (Å²) in [6.07, 6.45) is 6.03. The number of hydrogen-bond donors (Lipinski definition) is 3. The van der Waals surface area contributed by atoms with Gasteiger partial charge < -0.3 is 11.1 Å². The molecule has 3 aromatic carbocycles. The third-order valence-electron chi connectivity index (χ3n) is 7.74. The zero-order chi connectivity index (χ0) is 27.5. The highest BCUT2D eigenvalue weighted by Crippen LogP contribution is 2.45. The van der Waals surface area contributed by atoms with E-state index >= 15 is 0 Å². The first kappa shape index (κ1) is 32.3. The second-order valence-electron chi connectivity index (χ2n) is 10.6. The van der Waals surface area contributed by atoms with Gasteiger partial charge in [0, 0.05) is 34.1 Å². The van der Waals surface area contributed by atoms with E-state index in [1.54, 1.807) is 12.3 Å². The number of nitrogens with one attached hydrogen (secondary N) is 2. The van der Waals surface area contributed by atoms with Crippen molar-refractivity contribution in [3.8, 4) is 39.6 Å². The Morgan fingerprint density at radius 1 is 0.907 bits per heavy atom. The van der Waals surface area contributed by atoms with E-state index in [1.807, 2.05) is 54.6 Å². The van der Waals surface area contributed by atoms with Crippen LogP contribution in [0.25, 0.3) is 39.6 Å². The van der Waals surface area contributed by atoms with Crippen LogP contribution in [-0.2, 0) is 15.6 Å². The normalized spacial score (nSPS) is 14.0. The Bertz CT molecular complexity index is 1890. The standard InChI is InChI=1S/C31H28N6O2S.3ClH/c1-40(38,39)36-23-8-4-7-21(19-23)27-28(20-12-14-22(15-13-20)31(32)16-6-17-31)37-26-11-5-18-33-29(26)34-25-10-3-2-9-24(25)30(37)35-27;;;/h2-5,7-15,18-19,36H,6,16-17,32H2,1H3,(H,33,34);3*1H. The number of anilines is 3. The molecule has 43 heavy (non-hydrogen) atoms. The van der Waals surface area contributed by atoms with Crippen molar-refractivity contribution < 1.29 is 8.42 Å². The summed E-state index contributed by atoms with van der Waals surface area (Å²) in [6, 6.07) is 27.8. The van der Waals surface area contributed by atoms with Crippen LogP contribution in [0.5, 0.6) is 0 Å². The number of hydrogen-bond acceptors (Lipinski definition) is 6. The van der Waals surface area contributed by atoms with Gasteiger partial charge in [0.15, 0.2) is 5.82 Å². The minimum absolute atomic E-state index is 0. The lowest BCUT2D eigenvalue weighted by Gasteiger charge is -2.38. The third-order valence-corrected chi connectivity index (χ3v) is 8.35. The summed E-state index contributed by atoms with van der Waals surface area (Å²) < 4.78 is 28.7. The van der Waals surface area contributed by atoms with Gasteiger partial charge in [0.05, 0.1) is 29.0 Å². The monoisotopic (exact) mass is 656 g/mol. The lowest BCUT2D eigenvalue weighted by Crippen LogP contribution is -2.43. The lowest BCUT2D eigenvalue weighted by molar-refractivity contribution is 0.253. The maximum absolute atomic E-state index is 12.0. The van der Waals surface area contributed by atoms with Crippen molar-refractivity contribution in [1.29, 1.82) is 0 Å². The van der Waals surface area contributed by atoms with Gasteiger partial charge in [-0.15, -0.1) is 37.2 Å². The van der Waals surface area contributed by atoms with Gasteiger partial charge in [-0.1, -0.05) is 48.5 Å². The van der Waals surface area contributed by atoms with Crippen molar-refractivity contribution in [3.05, 3.63) is 96.7 Å². The number of nitrogens with zero attached hydrogens (tertiary/aromatic N) is 3. The largest absolute Gasteiger partial charge is 0.338 e. The van der Waals surface area contributed by atoms with Crippen molar-refractivity contribution in [2.75, 3.05) is 16.3 Å². The fourth-order valence-corrected chi connectivity index (χ4v) is 6.20. The summed E-state index contributed by atoms with van der Waals surface area (Å²) in [7, 11) is -3.45. The van der Waals surface area contributed by atoms with Crippen LogP contribution in [-0.4, -0.2) is 29.2 Å². The molecule has 12 heteroatoms. The van der Waals surface area contributed by atoms with E-state index in [2.05, 4.69) is 43.9 Å². The van der Waals surface area contributed by atoms with Gasteiger partial charge in [0.1, 0.15) is 5.82 Å². The van der Waals surface area contributed by atoms with Crippen LogP contribution in [0.2, 0.25) is 0 Å². The summed E-state index contributed by atoms with van der Waals surface area (Å²) in [5.74, 6) is 1.48. The average molecular weight is 658 g/mol. The highest BCUT2D eigenvalue weighted by molar-refractivity contribution is 7.92. The molecule has 5 aromatic rings. The number of aromatic nitrogens is 3. The molecule has 2 aromatic heterocycles. The maximum Gasteiger partial charge on any atom is 0.229 e. The molecule has 1 aliphatic heterocycles. The van der Waals surface area contributed by atoms with Crippen LogP contribution < -0.4 is 15.8 Å². The van der Waals surface area contributed by atoms with E-state index in [0.717, 1.165) is 82.2 Å². The third kappa shape index (κ3) is 5.83. The molecule has 0 unspecified atom stereocenters. The second kappa shape index (κ2) is 12.2. The topological polar surface area (TPSA) is 115 Å². The molecule has 3 heterocycles. The Kier molecular flexibility index (Phi) is 9.16. The molecule has 1 saturated carbocycles. The second-order valence-corrected chi connectivity index (χ2v) is 12.3. The van der Waals surface area contributed by atoms with Crippen LogP contribution in [0.15, 0.2) is 91.1 Å². The Balaban J connectivity index is 0.00000141. The summed E-state index contributed by atoms with van der Waals surface area (Å²) in [4.78, 5) is 9.89. The summed E-state index contributed by atoms with van der Waals surface area (Å²) in [5, 5.41) is 3.49. The van der Waals surface area contributed by atoms with Gasteiger partial charge >= 0.3 is 0 Å². The molecule has 1 aliphatic carbocycles. The molecular weight excluding hydrogens is 627 g/mol. The zero-order valence-corrected chi connectivity index (χ0v) is 26.4. The molecule has 0 atom stereocenters. The van der Waals surface area contributed by atoms with E-state index in [-0.39, 0.29) is 42.8 Å².